The normalized spacial score (nSPS) is 16.0. The molecule has 3 rings (SSSR count). The Balaban J connectivity index is 1.59. The van der Waals surface area contributed by atoms with Crippen LogP contribution >= 0.6 is 0 Å². The lowest BCUT2D eigenvalue weighted by atomic mass is 10.1. The zero-order chi connectivity index (χ0) is 21.5. The number of anilines is 1. The van der Waals surface area contributed by atoms with E-state index in [9.17, 15) is 14.4 Å². The van der Waals surface area contributed by atoms with E-state index in [1.807, 2.05) is 44.2 Å². The van der Waals surface area contributed by atoms with E-state index in [4.69, 9.17) is 0 Å². The van der Waals surface area contributed by atoms with Gasteiger partial charge in [-0.15, -0.1) is 0 Å². The van der Waals surface area contributed by atoms with Gasteiger partial charge in [-0.25, -0.2) is 0 Å². The molecular formula is C24H29N3O3. The minimum Gasteiger partial charge on any atom is -0.352 e. The molecule has 0 bridgehead atoms. The van der Waals surface area contributed by atoms with Gasteiger partial charge in [0.2, 0.25) is 11.8 Å². The molecule has 1 fully saturated rings. The smallest absolute Gasteiger partial charge is 0.253 e. The van der Waals surface area contributed by atoms with Gasteiger partial charge in [-0.05, 0) is 30.0 Å². The van der Waals surface area contributed by atoms with Crippen LogP contribution in [0.25, 0.3) is 0 Å². The predicted octanol–water partition coefficient (Wildman–Crippen LogP) is 3.10. The summed E-state index contributed by atoms with van der Waals surface area (Å²) in [5.41, 5.74) is 2.07. The standard InChI is InChI=1S/C24H29N3O3/c1-17(2)15-25-24(30)20-10-6-7-11-21(20)26-23(29)19-14-22(28)27(16-19)13-12-18-8-4-3-5-9-18/h3-11,17,19H,12-16H2,1-2H3,(H,25,30)(H,26,29). The largest absolute Gasteiger partial charge is 0.352 e. The second-order valence-electron chi connectivity index (χ2n) is 8.12. The molecule has 1 aliphatic rings. The molecule has 1 heterocycles. The van der Waals surface area contributed by atoms with Crippen molar-refractivity contribution in [1.82, 2.24) is 10.2 Å². The Morgan fingerprint density at radius 1 is 1.07 bits per heavy atom. The number of hydrogen-bond acceptors (Lipinski definition) is 3. The second kappa shape index (κ2) is 10.1. The maximum atomic E-state index is 12.8. The number of nitrogens with zero attached hydrogens (tertiary/aromatic N) is 1. The van der Waals surface area contributed by atoms with E-state index >= 15 is 0 Å². The third-order valence-electron chi connectivity index (χ3n) is 5.20. The van der Waals surface area contributed by atoms with Crippen LogP contribution in [0.1, 0.15) is 36.2 Å². The molecule has 0 spiro atoms. The van der Waals surface area contributed by atoms with Gasteiger partial charge < -0.3 is 15.5 Å². The molecule has 0 radical (unpaired) electrons. The van der Waals surface area contributed by atoms with Crippen molar-refractivity contribution in [1.29, 1.82) is 0 Å². The van der Waals surface area contributed by atoms with Crippen LogP contribution in [0.15, 0.2) is 54.6 Å². The monoisotopic (exact) mass is 407 g/mol. The number of para-hydroxylation sites is 1. The van der Waals surface area contributed by atoms with E-state index in [-0.39, 0.29) is 24.1 Å². The fourth-order valence-corrected chi connectivity index (χ4v) is 3.49. The molecule has 0 saturated carbocycles. The number of likely N-dealkylation sites (tertiary alicyclic amines) is 1. The van der Waals surface area contributed by atoms with Crippen molar-refractivity contribution in [3.05, 3.63) is 65.7 Å². The SMILES string of the molecule is CC(C)CNC(=O)c1ccccc1NC(=O)C1CC(=O)N(CCc2ccccc2)C1. The summed E-state index contributed by atoms with van der Waals surface area (Å²) in [5, 5.41) is 5.73. The first kappa shape index (κ1) is 21.6. The lowest BCUT2D eigenvalue weighted by molar-refractivity contribution is -0.128. The number of carbonyl (C=O) groups is 3. The highest BCUT2D eigenvalue weighted by molar-refractivity contribution is 6.05. The van der Waals surface area contributed by atoms with Crippen molar-refractivity contribution in [2.45, 2.75) is 26.7 Å². The Labute approximate surface area is 177 Å². The van der Waals surface area contributed by atoms with Crippen molar-refractivity contribution < 1.29 is 14.4 Å². The fraction of sp³-hybridized carbons (Fsp3) is 0.375. The Morgan fingerprint density at radius 2 is 1.77 bits per heavy atom. The Hall–Kier alpha value is -3.15. The molecule has 3 amide bonds. The molecule has 1 atom stereocenters. The topological polar surface area (TPSA) is 78.5 Å². The number of benzene rings is 2. The van der Waals surface area contributed by atoms with Gasteiger partial charge in [0, 0.05) is 26.1 Å². The summed E-state index contributed by atoms with van der Waals surface area (Å²) in [4.78, 5) is 39.4. The van der Waals surface area contributed by atoms with E-state index in [1.165, 1.54) is 5.56 Å². The van der Waals surface area contributed by atoms with Crippen molar-refractivity contribution in [2.24, 2.45) is 11.8 Å². The Bertz CT molecular complexity index is 896. The van der Waals surface area contributed by atoms with Gasteiger partial charge in [0.05, 0.1) is 17.2 Å². The van der Waals surface area contributed by atoms with Crippen LogP contribution in [0, 0.1) is 11.8 Å². The summed E-state index contributed by atoms with van der Waals surface area (Å²) in [6, 6.07) is 16.9. The molecule has 30 heavy (non-hydrogen) atoms. The summed E-state index contributed by atoms with van der Waals surface area (Å²) in [7, 11) is 0. The van der Waals surface area contributed by atoms with Gasteiger partial charge in [-0.1, -0.05) is 56.3 Å². The van der Waals surface area contributed by atoms with Gasteiger partial charge in [0.15, 0.2) is 0 Å². The first-order chi connectivity index (χ1) is 14.4. The number of nitrogens with one attached hydrogen (secondary N) is 2. The van der Waals surface area contributed by atoms with Gasteiger partial charge in [-0.2, -0.15) is 0 Å². The number of amides is 3. The Morgan fingerprint density at radius 3 is 2.50 bits per heavy atom. The minimum atomic E-state index is -0.417. The fourth-order valence-electron chi connectivity index (χ4n) is 3.49. The maximum Gasteiger partial charge on any atom is 0.253 e. The van der Waals surface area contributed by atoms with Crippen LogP contribution in [0.5, 0.6) is 0 Å². The molecule has 1 saturated heterocycles. The van der Waals surface area contributed by atoms with Crippen LogP contribution in [-0.2, 0) is 16.0 Å². The quantitative estimate of drug-likeness (QED) is 0.706. The molecule has 2 N–H and O–H groups in total. The van der Waals surface area contributed by atoms with Gasteiger partial charge in [-0.3, -0.25) is 14.4 Å². The molecule has 2 aromatic rings. The van der Waals surface area contributed by atoms with Crippen LogP contribution in [0.4, 0.5) is 5.69 Å². The minimum absolute atomic E-state index is 0.00552. The highest BCUT2D eigenvalue weighted by atomic mass is 16.2. The molecule has 0 aliphatic carbocycles. The van der Waals surface area contributed by atoms with Gasteiger partial charge >= 0.3 is 0 Å². The van der Waals surface area contributed by atoms with Crippen molar-refractivity contribution in [3.63, 3.8) is 0 Å². The maximum absolute atomic E-state index is 12.8. The van der Waals surface area contributed by atoms with Crippen LogP contribution < -0.4 is 10.6 Å². The number of rotatable bonds is 8. The van der Waals surface area contributed by atoms with Crippen molar-refractivity contribution >= 4 is 23.4 Å². The zero-order valence-corrected chi connectivity index (χ0v) is 17.6. The molecule has 6 nitrogen and oxygen atoms in total. The lowest BCUT2D eigenvalue weighted by Gasteiger charge is -2.17. The van der Waals surface area contributed by atoms with E-state index in [0.29, 0.717) is 36.8 Å². The summed E-state index contributed by atoms with van der Waals surface area (Å²) in [5.74, 6) is -0.530. The van der Waals surface area contributed by atoms with Gasteiger partial charge in [0.1, 0.15) is 0 Å². The molecule has 2 aromatic carbocycles. The second-order valence-corrected chi connectivity index (χ2v) is 8.12. The highest BCUT2D eigenvalue weighted by Crippen LogP contribution is 2.22. The van der Waals surface area contributed by atoms with E-state index in [0.717, 1.165) is 6.42 Å². The summed E-state index contributed by atoms with van der Waals surface area (Å²) >= 11 is 0. The zero-order valence-electron chi connectivity index (χ0n) is 17.6. The van der Waals surface area contributed by atoms with Crippen LogP contribution in [0.2, 0.25) is 0 Å². The highest BCUT2D eigenvalue weighted by Gasteiger charge is 2.34. The van der Waals surface area contributed by atoms with E-state index in [2.05, 4.69) is 10.6 Å². The van der Waals surface area contributed by atoms with E-state index in [1.54, 1.807) is 29.2 Å². The third-order valence-corrected chi connectivity index (χ3v) is 5.20. The van der Waals surface area contributed by atoms with Crippen LogP contribution in [-0.4, -0.2) is 42.3 Å². The molecule has 158 valence electrons. The first-order valence-electron chi connectivity index (χ1n) is 10.4. The van der Waals surface area contributed by atoms with E-state index < -0.39 is 5.92 Å². The number of carbonyl (C=O) groups excluding carboxylic acids is 3. The van der Waals surface area contributed by atoms with Gasteiger partial charge in [0.25, 0.3) is 5.91 Å². The Kier molecular flexibility index (Phi) is 7.22. The molecular weight excluding hydrogens is 378 g/mol. The summed E-state index contributed by atoms with van der Waals surface area (Å²) in [6.45, 7) is 5.61. The molecule has 1 unspecified atom stereocenters. The molecule has 0 aromatic heterocycles. The molecule has 6 heteroatoms. The number of hydrogen-bond donors (Lipinski definition) is 2. The summed E-state index contributed by atoms with van der Waals surface area (Å²) in [6.07, 6.45) is 0.960. The van der Waals surface area contributed by atoms with Crippen molar-refractivity contribution in [3.8, 4) is 0 Å². The average Bonchev–Trinajstić information content (AvgIpc) is 3.12. The van der Waals surface area contributed by atoms with Crippen molar-refractivity contribution in [2.75, 3.05) is 25.0 Å². The predicted molar refractivity (Wildman–Crippen MR) is 117 cm³/mol. The summed E-state index contributed by atoms with van der Waals surface area (Å²) < 4.78 is 0. The average molecular weight is 408 g/mol. The third kappa shape index (κ3) is 5.69. The first-order valence-corrected chi connectivity index (χ1v) is 10.4. The van der Waals surface area contributed by atoms with Crippen LogP contribution in [0.3, 0.4) is 0 Å². The lowest BCUT2D eigenvalue weighted by Crippen LogP contribution is -2.31. The molecule has 1 aliphatic heterocycles.